The lowest BCUT2D eigenvalue weighted by Crippen LogP contribution is -2.33. The Kier molecular flexibility index (Phi) is 5.79. The van der Waals surface area contributed by atoms with Gasteiger partial charge in [0.1, 0.15) is 5.82 Å². The first-order valence-electron chi connectivity index (χ1n) is 7.78. The third kappa shape index (κ3) is 5.03. The van der Waals surface area contributed by atoms with Crippen LogP contribution in [-0.4, -0.2) is 27.1 Å². The van der Waals surface area contributed by atoms with Gasteiger partial charge in [-0.05, 0) is 49.2 Å². The smallest absolute Gasteiger partial charge is 0.232 e. The Morgan fingerprint density at radius 3 is 2.16 bits per heavy atom. The molecular weight excluding hydrogens is 343 g/mol. The van der Waals surface area contributed by atoms with Crippen LogP contribution >= 0.6 is 0 Å². The van der Waals surface area contributed by atoms with E-state index < -0.39 is 15.8 Å². The highest BCUT2D eigenvalue weighted by atomic mass is 32.2. The molecule has 0 unspecified atom stereocenters. The number of anilines is 2. The summed E-state index contributed by atoms with van der Waals surface area (Å²) in [5.41, 5.74) is 2.93. The van der Waals surface area contributed by atoms with E-state index in [-0.39, 0.29) is 18.9 Å². The number of para-hydroxylation sites is 1. The zero-order valence-corrected chi connectivity index (χ0v) is 15.2. The molecule has 0 spiro atoms. The van der Waals surface area contributed by atoms with E-state index in [4.69, 9.17) is 0 Å². The average molecular weight is 364 g/mol. The summed E-state index contributed by atoms with van der Waals surface area (Å²) in [6, 6.07) is 10.8. The predicted molar refractivity (Wildman–Crippen MR) is 97.8 cm³/mol. The number of hydrogen-bond donors (Lipinski definition) is 1. The van der Waals surface area contributed by atoms with E-state index in [0.29, 0.717) is 5.69 Å². The first kappa shape index (κ1) is 18.9. The average Bonchev–Trinajstić information content (AvgIpc) is 2.52. The van der Waals surface area contributed by atoms with Crippen LogP contribution in [0, 0.1) is 19.7 Å². The fraction of sp³-hybridized carbons (Fsp3) is 0.278. The molecule has 7 heteroatoms. The van der Waals surface area contributed by atoms with Gasteiger partial charge in [0.25, 0.3) is 0 Å². The van der Waals surface area contributed by atoms with E-state index in [1.807, 2.05) is 32.0 Å². The maximum atomic E-state index is 13.0. The summed E-state index contributed by atoms with van der Waals surface area (Å²) >= 11 is 0. The molecule has 2 aromatic rings. The quantitative estimate of drug-likeness (QED) is 0.856. The number of nitrogens with zero attached hydrogens (tertiary/aromatic N) is 1. The van der Waals surface area contributed by atoms with Crippen molar-refractivity contribution in [3.8, 4) is 0 Å². The van der Waals surface area contributed by atoms with Crippen LogP contribution in [-0.2, 0) is 14.8 Å². The highest BCUT2D eigenvalue weighted by Crippen LogP contribution is 2.21. The minimum atomic E-state index is -3.58. The lowest BCUT2D eigenvalue weighted by molar-refractivity contribution is -0.116. The van der Waals surface area contributed by atoms with Gasteiger partial charge in [-0.2, -0.15) is 0 Å². The van der Waals surface area contributed by atoms with Crippen molar-refractivity contribution in [2.24, 2.45) is 0 Å². The number of sulfonamides is 1. The zero-order valence-electron chi connectivity index (χ0n) is 14.4. The zero-order chi connectivity index (χ0) is 18.6. The molecule has 5 nitrogen and oxygen atoms in total. The molecule has 0 atom stereocenters. The van der Waals surface area contributed by atoms with E-state index in [1.54, 1.807) is 0 Å². The Bertz CT molecular complexity index is 844. The van der Waals surface area contributed by atoms with Gasteiger partial charge in [0.2, 0.25) is 15.9 Å². The minimum Gasteiger partial charge on any atom is -0.326 e. The van der Waals surface area contributed by atoms with Crippen LogP contribution in [0.25, 0.3) is 0 Å². The van der Waals surface area contributed by atoms with Gasteiger partial charge in [0.15, 0.2) is 0 Å². The second-order valence-electron chi connectivity index (χ2n) is 5.88. The summed E-state index contributed by atoms with van der Waals surface area (Å²) in [6.07, 6.45) is 1.04. The van der Waals surface area contributed by atoms with Crippen LogP contribution in [0.4, 0.5) is 15.8 Å². The van der Waals surface area contributed by atoms with E-state index in [2.05, 4.69) is 5.32 Å². The summed E-state index contributed by atoms with van der Waals surface area (Å²) in [5, 5.41) is 2.83. The van der Waals surface area contributed by atoms with Crippen molar-refractivity contribution in [3.05, 3.63) is 59.4 Å². The highest BCUT2D eigenvalue weighted by molar-refractivity contribution is 7.92. The molecular formula is C18H21FN2O3S. The van der Waals surface area contributed by atoms with Crippen molar-refractivity contribution in [2.75, 3.05) is 22.4 Å². The summed E-state index contributed by atoms with van der Waals surface area (Å²) < 4.78 is 38.1. The van der Waals surface area contributed by atoms with Crippen LogP contribution in [0.5, 0.6) is 0 Å². The third-order valence-corrected chi connectivity index (χ3v) is 5.00. The largest absolute Gasteiger partial charge is 0.326 e. The van der Waals surface area contributed by atoms with Crippen LogP contribution in [0.3, 0.4) is 0 Å². The van der Waals surface area contributed by atoms with Gasteiger partial charge < -0.3 is 5.32 Å². The molecule has 0 heterocycles. The van der Waals surface area contributed by atoms with Crippen molar-refractivity contribution in [2.45, 2.75) is 20.3 Å². The Balaban J connectivity index is 2.10. The molecule has 0 radical (unpaired) electrons. The molecule has 0 bridgehead atoms. The molecule has 0 aliphatic carbocycles. The van der Waals surface area contributed by atoms with E-state index >= 15 is 0 Å². The fourth-order valence-electron chi connectivity index (χ4n) is 2.51. The molecule has 1 amide bonds. The maximum Gasteiger partial charge on any atom is 0.232 e. The molecule has 2 rings (SSSR count). The number of aryl methyl sites for hydroxylation is 2. The van der Waals surface area contributed by atoms with Gasteiger partial charge in [-0.1, -0.05) is 18.2 Å². The number of hydrogen-bond acceptors (Lipinski definition) is 3. The molecule has 0 aliphatic heterocycles. The molecule has 1 N–H and O–H groups in total. The molecule has 2 aromatic carbocycles. The number of amides is 1. The van der Waals surface area contributed by atoms with E-state index in [9.17, 15) is 17.6 Å². The predicted octanol–water partition coefficient (Wildman–Crippen LogP) is 3.24. The maximum absolute atomic E-state index is 13.0. The fourth-order valence-corrected chi connectivity index (χ4v) is 3.44. The number of nitrogens with one attached hydrogen (secondary N) is 1. The summed E-state index contributed by atoms with van der Waals surface area (Å²) in [5.74, 6) is -0.738. The van der Waals surface area contributed by atoms with Gasteiger partial charge in [0, 0.05) is 18.7 Å². The van der Waals surface area contributed by atoms with Crippen molar-refractivity contribution in [1.82, 2.24) is 0 Å². The molecule has 25 heavy (non-hydrogen) atoms. The minimum absolute atomic E-state index is 0.0157. The van der Waals surface area contributed by atoms with Gasteiger partial charge in [-0.3, -0.25) is 9.10 Å². The van der Waals surface area contributed by atoms with Gasteiger partial charge >= 0.3 is 0 Å². The van der Waals surface area contributed by atoms with Crippen molar-refractivity contribution >= 4 is 27.3 Å². The van der Waals surface area contributed by atoms with Gasteiger partial charge in [-0.15, -0.1) is 0 Å². The number of carbonyl (C=O) groups excluding carboxylic acids is 1. The molecule has 0 saturated carbocycles. The number of halogens is 1. The van der Waals surface area contributed by atoms with Crippen LogP contribution in [0.15, 0.2) is 42.5 Å². The molecule has 0 fully saturated rings. The Morgan fingerprint density at radius 1 is 1.08 bits per heavy atom. The van der Waals surface area contributed by atoms with E-state index in [0.717, 1.165) is 27.4 Å². The van der Waals surface area contributed by atoms with Crippen molar-refractivity contribution < 1.29 is 17.6 Å². The van der Waals surface area contributed by atoms with Crippen LogP contribution in [0.2, 0.25) is 0 Å². The number of rotatable bonds is 6. The summed E-state index contributed by atoms with van der Waals surface area (Å²) in [7, 11) is -3.58. The first-order valence-corrected chi connectivity index (χ1v) is 9.62. The summed E-state index contributed by atoms with van der Waals surface area (Å²) in [6.45, 7) is 3.76. The van der Waals surface area contributed by atoms with Crippen molar-refractivity contribution in [1.29, 1.82) is 0 Å². The Labute approximate surface area is 147 Å². The van der Waals surface area contributed by atoms with E-state index in [1.165, 1.54) is 24.3 Å². The number of benzene rings is 2. The van der Waals surface area contributed by atoms with Crippen LogP contribution < -0.4 is 9.62 Å². The molecule has 134 valence electrons. The molecule has 0 aromatic heterocycles. The topological polar surface area (TPSA) is 66.5 Å². The van der Waals surface area contributed by atoms with Crippen LogP contribution in [0.1, 0.15) is 17.5 Å². The Morgan fingerprint density at radius 2 is 1.64 bits per heavy atom. The number of carbonyl (C=O) groups is 1. The standard InChI is InChI=1S/C18H21FN2O3S/c1-13-5-4-6-14(2)18(13)20-17(22)11-12-21(25(3,23)24)16-9-7-15(19)8-10-16/h4-10H,11-12H2,1-3H3,(H,20,22). The molecule has 0 aliphatic rings. The van der Waals surface area contributed by atoms with Crippen molar-refractivity contribution in [3.63, 3.8) is 0 Å². The molecule has 0 saturated heterocycles. The lowest BCUT2D eigenvalue weighted by Gasteiger charge is -2.22. The van der Waals surface area contributed by atoms with Gasteiger partial charge in [0.05, 0.1) is 11.9 Å². The lowest BCUT2D eigenvalue weighted by atomic mass is 10.1. The highest BCUT2D eigenvalue weighted by Gasteiger charge is 2.19. The van der Waals surface area contributed by atoms with Gasteiger partial charge in [-0.25, -0.2) is 12.8 Å². The normalized spacial score (nSPS) is 11.2. The SMILES string of the molecule is Cc1cccc(C)c1NC(=O)CCN(c1ccc(F)cc1)S(C)(=O)=O. The second-order valence-corrected chi connectivity index (χ2v) is 7.78. The first-order chi connectivity index (χ1) is 11.7. The second kappa shape index (κ2) is 7.65. The monoisotopic (exact) mass is 364 g/mol. The third-order valence-electron chi connectivity index (χ3n) is 3.80. The Hall–Kier alpha value is -2.41. The summed E-state index contributed by atoms with van der Waals surface area (Å²) in [4.78, 5) is 12.2.